The molecule has 0 radical (unpaired) electrons. The van der Waals surface area contributed by atoms with E-state index in [-0.39, 0.29) is 30.3 Å². The fourth-order valence-corrected chi connectivity index (χ4v) is 3.84. The standard InChI is InChI=1S/C16H21N7O3/c1-10-14(11(2)26-18-10)7-23-13-4-3-12(16(23)25)5-21(6-13)15(24)8-22-9-17-19-20-22/h9,12-13H,3-8H2,1-2H3/t12-,13+/m1/s1. The number of rotatable bonds is 4. The molecule has 5 heterocycles. The van der Waals surface area contributed by atoms with Gasteiger partial charge >= 0.3 is 0 Å². The minimum Gasteiger partial charge on any atom is -0.361 e. The molecule has 2 aromatic rings. The summed E-state index contributed by atoms with van der Waals surface area (Å²) in [5.74, 6) is 0.620. The molecule has 0 saturated carbocycles. The third-order valence-electron chi connectivity index (χ3n) is 5.34. The first-order chi connectivity index (χ1) is 12.5. The van der Waals surface area contributed by atoms with E-state index in [1.54, 1.807) is 4.90 Å². The molecule has 138 valence electrons. The van der Waals surface area contributed by atoms with Crippen LogP contribution in [0.3, 0.4) is 0 Å². The number of nitrogens with zero attached hydrogens (tertiary/aromatic N) is 7. The van der Waals surface area contributed by atoms with Crippen molar-refractivity contribution < 1.29 is 14.1 Å². The van der Waals surface area contributed by atoms with Crippen molar-refractivity contribution >= 4 is 11.8 Å². The number of aryl methyl sites for hydroxylation is 2. The van der Waals surface area contributed by atoms with Gasteiger partial charge in [-0.2, -0.15) is 0 Å². The van der Waals surface area contributed by atoms with Crippen molar-refractivity contribution in [3.8, 4) is 0 Å². The zero-order valence-electron chi connectivity index (χ0n) is 14.8. The minimum atomic E-state index is -0.160. The molecular formula is C16H21N7O3. The van der Waals surface area contributed by atoms with Crippen LogP contribution in [-0.2, 0) is 22.7 Å². The lowest BCUT2D eigenvalue weighted by molar-refractivity contribution is -0.140. The van der Waals surface area contributed by atoms with Gasteiger partial charge in [-0.1, -0.05) is 5.16 Å². The fraction of sp³-hybridized carbons (Fsp3) is 0.625. The summed E-state index contributed by atoms with van der Waals surface area (Å²) in [6.45, 7) is 5.30. The Morgan fingerprint density at radius 1 is 1.31 bits per heavy atom. The Morgan fingerprint density at radius 3 is 2.85 bits per heavy atom. The lowest BCUT2D eigenvalue weighted by atomic mass is 9.93. The van der Waals surface area contributed by atoms with Crippen LogP contribution in [0.5, 0.6) is 0 Å². The van der Waals surface area contributed by atoms with E-state index in [9.17, 15) is 9.59 Å². The van der Waals surface area contributed by atoms with Gasteiger partial charge in [-0.05, 0) is 37.1 Å². The minimum absolute atomic E-state index is 0.00720. The van der Waals surface area contributed by atoms with Crippen molar-refractivity contribution in [2.75, 3.05) is 13.1 Å². The van der Waals surface area contributed by atoms with E-state index >= 15 is 0 Å². The first kappa shape index (κ1) is 16.7. The molecule has 5 rings (SSSR count). The van der Waals surface area contributed by atoms with Gasteiger partial charge < -0.3 is 14.3 Å². The molecule has 3 aliphatic heterocycles. The number of hydrogen-bond acceptors (Lipinski definition) is 7. The second kappa shape index (κ2) is 6.50. The van der Waals surface area contributed by atoms with Crippen LogP contribution in [0.2, 0.25) is 0 Å². The van der Waals surface area contributed by atoms with Crippen LogP contribution < -0.4 is 0 Å². The van der Waals surface area contributed by atoms with Crippen molar-refractivity contribution in [2.24, 2.45) is 5.92 Å². The molecule has 0 spiro atoms. The molecule has 10 heteroatoms. The summed E-state index contributed by atoms with van der Waals surface area (Å²) in [7, 11) is 0. The highest BCUT2D eigenvalue weighted by molar-refractivity contribution is 5.83. The summed E-state index contributed by atoms with van der Waals surface area (Å²) in [6, 6.07) is 0.00720. The van der Waals surface area contributed by atoms with E-state index in [0.717, 1.165) is 29.9 Å². The van der Waals surface area contributed by atoms with E-state index in [2.05, 4.69) is 20.7 Å². The van der Waals surface area contributed by atoms with Gasteiger partial charge in [-0.15, -0.1) is 5.10 Å². The van der Waals surface area contributed by atoms with Crippen LogP contribution in [0.4, 0.5) is 0 Å². The average molecular weight is 359 g/mol. The molecule has 2 atom stereocenters. The van der Waals surface area contributed by atoms with Crippen LogP contribution in [0.15, 0.2) is 10.9 Å². The van der Waals surface area contributed by atoms with E-state index < -0.39 is 0 Å². The second-order valence-corrected chi connectivity index (χ2v) is 7.00. The third-order valence-corrected chi connectivity index (χ3v) is 5.34. The molecule has 3 saturated heterocycles. The van der Waals surface area contributed by atoms with Crippen LogP contribution >= 0.6 is 0 Å². The predicted octanol–water partition coefficient (Wildman–Crippen LogP) is -0.0725. The summed E-state index contributed by atoms with van der Waals surface area (Å²) in [6.07, 6.45) is 3.13. The molecule has 3 fully saturated rings. The molecule has 2 amide bonds. The van der Waals surface area contributed by atoms with Gasteiger partial charge in [0.2, 0.25) is 11.8 Å². The lowest BCUT2D eigenvalue weighted by Crippen LogP contribution is -2.47. The van der Waals surface area contributed by atoms with Crippen LogP contribution in [0.25, 0.3) is 0 Å². The maximum absolute atomic E-state index is 12.9. The maximum atomic E-state index is 12.9. The second-order valence-electron chi connectivity index (χ2n) is 7.00. The van der Waals surface area contributed by atoms with Crippen LogP contribution in [0.1, 0.15) is 29.9 Å². The predicted molar refractivity (Wildman–Crippen MR) is 87.4 cm³/mol. The van der Waals surface area contributed by atoms with Crippen molar-refractivity contribution in [3.05, 3.63) is 23.3 Å². The number of tetrazole rings is 1. The third kappa shape index (κ3) is 2.95. The highest BCUT2D eigenvalue weighted by Crippen LogP contribution is 2.31. The Balaban J connectivity index is 1.52. The Bertz CT molecular complexity index is 796. The Kier molecular flexibility index (Phi) is 4.17. The molecule has 2 bridgehead atoms. The Hall–Kier alpha value is -2.78. The van der Waals surface area contributed by atoms with Crippen LogP contribution in [-0.4, -0.2) is 66.1 Å². The quantitative estimate of drug-likeness (QED) is 0.751. The fourth-order valence-electron chi connectivity index (χ4n) is 3.84. The molecule has 0 aromatic carbocycles. The van der Waals surface area contributed by atoms with E-state index in [1.807, 2.05) is 18.7 Å². The molecule has 26 heavy (non-hydrogen) atoms. The lowest BCUT2D eigenvalue weighted by Gasteiger charge is -2.35. The normalized spacial score (nSPS) is 22.8. The zero-order valence-corrected chi connectivity index (χ0v) is 14.8. The number of carbonyl (C=O) groups is 2. The molecular weight excluding hydrogens is 338 g/mol. The van der Waals surface area contributed by atoms with Crippen molar-refractivity contribution in [1.82, 2.24) is 35.2 Å². The number of amides is 2. The average Bonchev–Trinajstić information content (AvgIpc) is 3.13. The maximum Gasteiger partial charge on any atom is 0.244 e. The Labute approximate surface area is 150 Å². The number of fused-ring (bicyclic) bond motifs is 4. The zero-order chi connectivity index (χ0) is 18.3. The molecule has 10 nitrogen and oxygen atoms in total. The first-order valence-corrected chi connectivity index (χ1v) is 8.73. The number of piperidine rings is 1. The van der Waals surface area contributed by atoms with Crippen molar-refractivity contribution in [2.45, 2.75) is 45.8 Å². The van der Waals surface area contributed by atoms with Gasteiger partial charge in [0, 0.05) is 24.7 Å². The monoisotopic (exact) mass is 359 g/mol. The molecule has 3 aliphatic rings. The summed E-state index contributed by atoms with van der Waals surface area (Å²) in [4.78, 5) is 29.2. The molecule has 2 aromatic heterocycles. The summed E-state index contributed by atoms with van der Waals surface area (Å²) >= 11 is 0. The van der Waals surface area contributed by atoms with Gasteiger partial charge in [-0.25, -0.2) is 4.68 Å². The summed E-state index contributed by atoms with van der Waals surface area (Å²) < 4.78 is 6.63. The largest absolute Gasteiger partial charge is 0.361 e. The van der Waals surface area contributed by atoms with Gasteiger partial charge in [0.1, 0.15) is 18.6 Å². The molecule has 0 unspecified atom stereocenters. The first-order valence-electron chi connectivity index (χ1n) is 8.73. The summed E-state index contributed by atoms with van der Waals surface area (Å²) in [5.41, 5.74) is 1.76. The van der Waals surface area contributed by atoms with Gasteiger partial charge in [-0.3, -0.25) is 9.59 Å². The smallest absolute Gasteiger partial charge is 0.244 e. The molecule has 0 N–H and O–H groups in total. The highest BCUT2D eigenvalue weighted by atomic mass is 16.5. The van der Waals surface area contributed by atoms with Gasteiger partial charge in [0.25, 0.3) is 0 Å². The Morgan fingerprint density at radius 2 is 2.15 bits per heavy atom. The number of aromatic nitrogens is 5. The molecule has 0 aliphatic carbocycles. The number of carbonyl (C=O) groups excluding carboxylic acids is 2. The van der Waals surface area contributed by atoms with Crippen LogP contribution in [0, 0.1) is 19.8 Å². The SMILES string of the molecule is Cc1noc(C)c1CN1C(=O)[C@@H]2CC[C@H]1CN(C(=O)Cn1cnnn1)C2. The van der Waals surface area contributed by atoms with E-state index in [0.29, 0.717) is 19.6 Å². The van der Waals surface area contributed by atoms with Gasteiger partial charge in [0.15, 0.2) is 0 Å². The van der Waals surface area contributed by atoms with Crippen molar-refractivity contribution in [1.29, 1.82) is 0 Å². The number of hydrogen-bond donors (Lipinski definition) is 0. The highest BCUT2D eigenvalue weighted by Gasteiger charge is 2.42. The summed E-state index contributed by atoms with van der Waals surface area (Å²) in [5, 5.41) is 14.8. The topological polar surface area (TPSA) is 110 Å². The van der Waals surface area contributed by atoms with E-state index in [4.69, 9.17) is 4.52 Å². The van der Waals surface area contributed by atoms with Gasteiger partial charge in [0.05, 0.1) is 18.2 Å². The van der Waals surface area contributed by atoms with E-state index in [1.165, 1.54) is 11.0 Å². The van der Waals surface area contributed by atoms with Crippen molar-refractivity contribution in [3.63, 3.8) is 0 Å².